The lowest BCUT2D eigenvalue weighted by Crippen LogP contribution is -2.18. The highest BCUT2D eigenvalue weighted by Crippen LogP contribution is 2.25. The van der Waals surface area contributed by atoms with Crippen LogP contribution in [0.3, 0.4) is 0 Å². The lowest BCUT2D eigenvalue weighted by molar-refractivity contribution is 0.214. The Kier molecular flexibility index (Phi) is 5.44. The topological polar surface area (TPSA) is 69.0 Å². The molecule has 0 atom stereocenters. The van der Waals surface area contributed by atoms with Crippen LogP contribution in [0.4, 0.5) is 10.5 Å². The van der Waals surface area contributed by atoms with Crippen LogP contribution in [0.5, 0.6) is 5.75 Å². The van der Waals surface area contributed by atoms with Gasteiger partial charge >= 0.3 is 6.09 Å². The van der Waals surface area contributed by atoms with Gasteiger partial charge in [0.15, 0.2) is 5.75 Å². The van der Waals surface area contributed by atoms with E-state index in [1.165, 1.54) is 0 Å². The number of ether oxygens (including phenoxy) is 1. The van der Waals surface area contributed by atoms with E-state index in [9.17, 15) is 4.79 Å². The van der Waals surface area contributed by atoms with Crippen LogP contribution in [0.2, 0.25) is 5.02 Å². The van der Waals surface area contributed by atoms with Crippen LogP contribution in [0.15, 0.2) is 67.0 Å². The summed E-state index contributed by atoms with van der Waals surface area (Å²) in [6, 6.07) is 16.7. The fourth-order valence-corrected chi connectivity index (χ4v) is 3.28. The Bertz CT molecular complexity index is 1150. The maximum Gasteiger partial charge on any atom is 0.417 e. The molecule has 0 aliphatic rings. The normalized spacial score (nSPS) is 10.8. The average molecular weight is 407 g/mol. The van der Waals surface area contributed by atoms with E-state index in [4.69, 9.17) is 16.3 Å². The smallest absolute Gasteiger partial charge is 0.406 e. The number of nitrogens with one attached hydrogen (secondary N) is 1. The van der Waals surface area contributed by atoms with E-state index >= 15 is 0 Å². The molecule has 4 rings (SSSR count). The molecule has 7 heteroatoms. The number of carbonyl (C=O) groups excluding carboxylic acids is 1. The second kappa shape index (κ2) is 8.32. The SMILES string of the molecule is CCCc1c(OC(=O)Nc2cccc3cccnc23)cnn1-c1ccc(Cl)cc1. The van der Waals surface area contributed by atoms with Crippen LogP contribution in [0.1, 0.15) is 19.0 Å². The fraction of sp³-hybridized carbons (Fsp3) is 0.136. The number of para-hydroxylation sites is 1. The van der Waals surface area contributed by atoms with E-state index < -0.39 is 6.09 Å². The largest absolute Gasteiger partial charge is 0.417 e. The molecule has 0 radical (unpaired) electrons. The summed E-state index contributed by atoms with van der Waals surface area (Å²) in [5, 5.41) is 8.77. The Hall–Kier alpha value is -3.38. The molecule has 0 aliphatic carbocycles. The van der Waals surface area contributed by atoms with Crippen molar-refractivity contribution in [3.8, 4) is 11.4 Å². The number of amides is 1. The molecular weight excluding hydrogens is 388 g/mol. The Morgan fingerprint density at radius 3 is 2.72 bits per heavy atom. The number of pyridine rings is 1. The molecule has 4 aromatic rings. The summed E-state index contributed by atoms with van der Waals surface area (Å²) in [5.41, 5.74) is 2.97. The van der Waals surface area contributed by atoms with Crippen LogP contribution in [-0.2, 0) is 6.42 Å². The second-order valence-electron chi connectivity index (χ2n) is 6.49. The predicted molar refractivity (Wildman–Crippen MR) is 114 cm³/mol. The lowest BCUT2D eigenvalue weighted by Gasteiger charge is -2.11. The molecular formula is C22H19ClN4O2. The number of aromatic nitrogens is 3. The van der Waals surface area contributed by atoms with Crippen LogP contribution in [-0.4, -0.2) is 20.9 Å². The van der Waals surface area contributed by atoms with Gasteiger partial charge in [0.1, 0.15) is 0 Å². The average Bonchev–Trinajstić information content (AvgIpc) is 3.11. The van der Waals surface area contributed by atoms with Gasteiger partial charge in [0, 0.05) is 16.6 Å². The van der Waals surface area contributed by atoms with Crippen molar-refractivity contribution in [1.29, 1.82) is 0 Å². The van der Waals surface area contributed by atoms with Gasteiger partial charge in [-0.3, -0.25) is 10.3 Å². The minimum atomic E-state index is -0.587. The zero-order valence-corrected chi connectivity index (χ0v) is 16.6. The number of halogens is 1. The molecule has 0 bridgehead atoms. The number of rotatable bonds is 5. The quantitative estimate of drug-likeness (QED) is 0.465. The first-order valence-corrected chi connectivity index (χ1v) is 9.69. The van der Waals surface area contributed by atoms with E-state index in [-0.39, 0.29) is 0 Å². The number of carbonyl (C=O) groups is 1. The molecule has 146 valence electrons. The Morgan fingerprint density at radius 2 is 1.93 bits per heavy atom. The number of anilines is 1. The van der Waals surface area contributed by atoms with Gasteiger partial charge in [-0.05, 0) is 42.8 Å². The Balaban J connectivity index is 1.58. The van der Waals surface area contributed by atoms with Crippen LogP contribution < -0.4 is 10.1 Å². The summed E-state index contributed by atoms with van der Waals surface area (Å²) in [6.45, 7) is 2.06. The third-order valence-electron chi connectivity index (χ3n) is 4.46. The maximum atomic E-state index is 12.6. The first-order chi connectivity index (χ1) is 14.2. The van der Waals surface area contributed by atoms with Gasteiger partial charge in [0.2, 0.25) is 0 Å². The van der Waals surface area contributed by atoms with Crippen LogP contribution >= 0.6 is 11.6 Å². The standard InChI is InChI=1S/C22H19ClN4O2/c1-2-5-19-20(14-25-27(19)17-11-9-16(23)10-12-17)29-22(28)26-18-8-3-6-15-7-4-13-24-21(15)18/h3-4,6-14H,2,5H2,1H3,(H,26,28). The number of benzene rings is 2. The third kappa shape index (κ3) is 4.07. The second-order valence-corrected chi connectivity index (χ2v) is 6.93. The van der Waals surface area contributed by atoms with E-state index in [0.29, 0.717) is 28.4 Å². The number of hydrogen-bond acceptors (Lipinski definition) is 4. The molecule has 1 N–H and O–H groups in total. The molecule has 0 saturated heterocycles. The predicted octanol–water partition coefficient (Wildman–Crippen LogP) is 5.64. The molecule has 6 nitrogen and oxygen atoms in total. The van der Waals surface area contributed by atoms with Crippen molar-refractivity contribution in [3.63, 3.8) is 0 Å². The van der Waals surface area contributed by atoms with Crippen LogP contribution in [0.25, 0.3) is 16.6 Å². The Morgan fingerprint density at radius 1 is 1.14 bits per heavy atom. The highest BCUT2D eigenvalue weighted by Gasteiger charge is 2.17. The van der Waals surface area contributed by atoms with E-state index in [2.05, 4.69) is 22.3 Å². The lowest BCUT2D eigenvalue weighted by atomic mass is 10.2. The molecule has 0 saturated carbocycles. The van der Waals surface area contributed by atoms with Crippen molar-refractivity contribution in [3.05, 3.63) is 77.7 Å². The van der Waals surface area contributed by atoms with Gasteiger partial charge in [-0.2, -0.15) is 5.10 Å². The monoisotopic (exact) mass is 406 g/mol. The van der Waals surface area contributed by atoms with Crippen molar-refractivity contribution in [2.45, 2.75) is 19.8 Å². The van der Waals surface area contributed by atoms with Gasteiger partial charge in [-0.1, -0.05) is 43.1 Å². The summed E-state index contributed by atoms with van der Waals surface area (Å²) < 4.78 is 7.36. The van der Waals surface area contributed by atoms with Crippen molar-refractivity contribution >= 4 is 34.3 Å². The first kappa shape index (κ1) is 19.0. The number of hydrogen-bond donors (Lipinski definition) is 1. The molecule has 0 aliphatic heterocycles. The Labute approximate surface area is 173 Å². The zero-order valence-electron chi connectivity index (χ0n) is 15.8. The van der Waals surface area contributed by atoms with Crippen molar-refractivity contribution in [1.82, 2.24) is 14.8 Å². The van der Waals surface area contributed by atoms with Crippen LogP contribution in [0, 0.1) is 0 Å². The van der Waals surface area contributed by atoms with Gasteiger partial charge in [-0.15, -0.1) is 0 Å². The highest BCUT2D eigenvalue weighted by molar-refractivity contribution is 6.30. The summed E-state index contributed by atoms with van der Waals surface area (Å²) >= 11 is 5.98. The van der Waals surface area contributed by atoms with Gasteiger partial charge in [0.25, 0.3) is 0 Å². The minimum Gasteiger partial charge on any atom is -0.406 e. The number of fused-ring (bicyclic) bond motifs is 1. The fourth-order valence-electron chi connectivity index (χ4n) is 3.16. The summed E-state index contributed by atoms with van der Waals surface area (Å²) in [6.07, 6.45) is 4.25. The molecule has 1 amide bonds. The molecule has 2 aromatic carbocycles. The van der Waals surface area contributed by atoms with E-state index in [1.54, 1.807) is 35.3 Å². The third-order valence-corrected chi connectivity index (χ3v) is 4.71. The van der Waals surface area contributed by atoms with Crippen molar-refractivity contribution < 1.29 is 9.53 Å². The minimum absolute atomic E-state index is 0.424. The first-order valence-electron chi connectivity index (χ1n) is 9.31. The highest BCUT2D eigenvalue weighted by atomic mass is 35.5. The molecule has 29 heavy (non-hydrogen) atoms. The molecule has 2 aromatic heterocycles. The maximum absolute atomic E-state index is 12.6. The van der Waals surface area contributed by atoms with Crippen molar-refractivity contribution in [2.75, 3.05) is 5.32 Å². The molecule has 2 heterocycles. The summed E-state index contributed by atoms with van der Waals surface area (Å²) in [4.78, 5) is 16.9. The van der Waals surface area contributed by atoms with Crippen molar-refractivity contribution in [2.24, 2.45) is 0 Å². The molecule has 0 fully saturated rings. The summed E-state index contributed by atoms with van der Waals surface area (Å²) in [7, 11) is 0. The summed E-state index contributed by atoms with van der Waals surface area (Å²) in [5.74, 6) is 0.424. The van der Waals surface area contributed by atoms with E-state index in [0.717, 1.165) is 23.2 Å². The van der Waals surface area contributed by atoms with E-state index in [1.807, 2.05) is 36.4 Å². The van der Waals surface area contributed by atoms with Gasteiger partial charge in [0.05, 0.1) is 28.8 Å². The van der Waals surface area contributed by atoms with Gasteiger partial charge < -0.3 is 4.74 Å². The molecule has 0 spiro atoms. The molecule has 0 unspecified atom stereocenters. The number of nitrogens with zero attached hydrogens (tertiary/aromatic N) is 3. The zero-order chi connectivity index (χ0) is 20.2. The van der Waals surface area contributed by atoms with Gasteiger partial charge in [-0.25, -0.2) is 9.48 Å².